The van der Waals surface area contributed by atoms with Crippen molar-refractivity contribution < 1.29 is 4.74 Å². The van der Waals surface area contributed by atoms with Gasteiger partial charge in [-0.15, -0.1) is 0 Å². The summed E-state index contributed by atoms with van der Waals surface area (Å²) in [6.45, 7) is 11.4. The van der Waals surface area contributed by atoms with E-state index in [-0.39, 0.29) is 12.1 Å². The summed E-state index contributed by atoms with van der Waals surface area (Å²) in [5, 5.41) is 4.68. The van der Waals surface area contributed by atoms with Crippen molar-refractivity contribution in [2.75, 3.05) is 6.61 Å². The molecular formula is C16H31N3O. The SMILES string of the molecule is CCOC(C(C)C)C(N)Cc1ccn(C(CC)CC)n1. The highest BCUT2D eigenvalue weighted by molar-refractivity contribution is 5.03. The van der Waals surface area contributed by atoms with Crippen LogP contribution in [-0.4, -0.2) is 28.5 Å². The Morgan fingerprint density at radius 2 is 1.90 bits per heavy atom. The second-order valence-corrected chi connectivity index (χ2v) is 5.79. The van der Waals surface area contributed by atoms with Crippen molar-refractivity contribution in [3.8, 4) is 0 Å². The van der Waals surface area contributed by atoms with Crippen LogP contribution in [0.5, 0.6) is 0 Å². The van der Waals surface area contributed by atoms with E-state index >= 15 is 0 Å². The largest absolute Gasteiger partial charge is 0.377 e. The van der Waals surface area contributed by atoms with Gasteiger partial charge in [-0.3, -0.25) is 4.68 Å². The molecular weight excluding hydrogens is 250 g/mol. The van der Waals surface area contributed by atoms with Crippen LogP contribution >= 0.6 is 0 Å². The lowest BCUT2D eigenvalue weighted by molar-refractivity contribution is 0.0125. The third-order valence-corrected chi connectivity index (χ3v) is 3.86. The second-order valence-electron chi connectivity index (χ2n) is 5.79. The molecule has 116 valence electrons. The summed E-state index contributed by atoms with van der Waals surface area (Å²) < 4.78 is 7.85. The molecule has 0 spiro atoms. The maximum absolute atomic E-state index is 6.31. The lowest BCUT2D eigenvalue weighted by atomic mass is 9.96. The van der Waals surface area contributed by atoms with Gasteiger partial charge in [-0.25, -0.2) is 0 Å². The van der Waals surface area contributed by atoms with E-state index in [4.69, 9.17) is 10.5 Å². The molecule has 20 heavy (non-hydrogen) atoms. The summed E-state index contributed by atoms with van der Waals surface area (Å²) in [6, 6.07) is 2.58. The first kappa shape index (κ1) is 17.2. The van der Waals surface area contributed by atoms with Crippen molar-refractivity contribution in [1.82, 2.24) is 9.78 Å². The Morgan fingerprint density at radius 3 is 2.40 bits per heavy atom. The minimum absolute atomic E-state index is 0.00000283. The number of hydrogen-bond acceptors (Lipinski definition) is 3. The molecule has 0 aliphatic carbocycles. The summed E-state index contributed by atoms with van der Waals surface area (Å²) in [7, 11) is 0. The zero-order chi connectivity index (χ0) is 15.1. The van der Waals surface area contributed by atoms with Crippen molar-refractivity contribution in [1.29, 1.82) is 0 Å². The molecule has 2 unspecified atom stereocenters. The lowest BCUT2D eigenvalue weighted by Crippen LogP contribution is -2.42. The number of nitrogens with zero attached hydrogens (tertiary/aromatic N) is 2. The molecule has 0 amide bonds. The molecule has 1 aromatic heterocycles. The molecule has 0 radical (unpaired) electrons. The fourth-order valence-corrected chi connectivity index (χ4v) is 2.71. The second kappa shape index (κ2) is 8.42. The van der Waals surface area contributed by atoms with Crippen LogP contribution in [0.25, 0.3) is 0 Å². The predicted molar refractivity (Wildman–Crippen MR) is 83.8 cm³/mol. The van der Waals surface area contributed by atoms with Crippen LogP contribution in [0.2, 0.25) is 0 Å². The average molecular weight is 281 g/mol. The Balaban J connectivity index is 2.67. The number of aromatic nitrogens is 2. The Labute approximate surface area is 123 Å². The van der Waals surface area contributed by atoms with Crippen molar-refractivity contribution in [3.05, 3.63) is 18.0 Å². The van der Waals surface area contributed by atoms with Crippen molar-refractivity contribution in [2.24, 2.45) is 11.7 Å². The molecule has 0 saturated heterocycles. The molecule has 0 aromatic carbocycles. The minimum atomic E-state index is 0.00000283. The van der Waals surface area contributed by atoms with Gasteiger partial charge in [-0.1, -0.05) is 27.7 Å². The van der Waals surface area contributed by atoms with Crippen molar-refractivity contribution >= 4 is 0 Å². The third kappa shape index (κ3) is 4.60. The van der Waals surface area contributed by atoms with E-state index in [0.29, 0.717) is 18.6 Å². The predicted octanol–water partition coefficient (Wildman–Crippen LogP) is 3.18. The maximum atomic E-state index is 6.31. The summed E-state index contributed by atoms with van der Waals surface area (Å²) in [5.74, 6) is 0.422. The molecule has 0 fully saturated rings. The fraction of sp³-hybridized carbons (Fsp3) is 0.812. The van der Waals surface area contributed by atoms with E-state index in [1.165, 1.54) is 0 Å². The van der Waals surface area contributed by atoms with Crippen molar-refractivity contribution in [2.45, 2.75) is 72.1 Å². The van der Waals surface area contributed by atoms with Gasteiger partial charge in [-0.2, -0.15) is 5.10 Å². The van der Waals surface area contributed by atoms with Crippen LogP contribution in [0.4, 0.5) is 0 Å². The summed E-state index contributed by atoms with van der Waals surface area (Å²) in [5.41, 5.74) is 7.38. The standard InChI is InChI=1S/C16H31N3O/c1-6-14(7-2)19-10-9-13(18-19)11-15(17)16(12(4)5)20-8-3/h9-10,12,14-16H,6-8,11,17H2,1-5H3. The van der Waals surface area contributed by atoms with Crippen LogP contribution in [0.3, 0.4) is 0 Å². The highest BCUT2D eigenvalue weighted by Crippen LogP contribution is 2.17. The number of hydrogen-bond donors (Lipinski definition) is 1. The zero-order valence-corrected chi connectivity index (χ0v) is 13.7. The van der Waals surface area contributed by atoms with Gasteiger partial charge < -0.3 is 10.5 Å². The van der Waals surface area contributed by atoms with E-state index < -0.39 is 0 Å². The van der Waals surface area contributed by atoms with Gasteiger partial charge in [0.15, 0.2) is 0 Å². The van der Waals surface area contributed by atoms with Gasteiger partial charge in [0, 0.05) is 25.3 Å². The highest BCUT2D eigenvalue weighted by Gasteiger charge is 2.23. The van der Waals surface area contributed by atoms with E-state index in [1.54, 1.807) is 0 Å². The van der Waals surface area contributed by atoms with Gasteiger partial charge in [-0.05, 0) is 31.7 Å². The molecule has 0 aliphatic heterocycles. The summed E-state index contributed by atoms with van der Waals surface area (Å²) in [6.07, 6.45) is 5.16. The van der Waals surface area contributed by atoms with E-state index in [0.717, 1.165) is 25.0 Å². The number of nitrogens with two attached hydrogens (primary N) is 1. The average Bonchev–Trinajstić information content (AvgIpc) is 2.85. The Kier molecular flexibility index (Phi) is 7.24. The van der Waals surface area contributed by atoms with E-state index in [9.17, 15) is 0 Å². The van der Waals surface area contributed by atoms with Crippen LogP contribution in [0, 0.1) is 5.92 Å². The van der Waals surface area contributed by atoms with Crippen molar-refractivity contribution in [3.63, 3.8) is 0 Å². The molecule has 0 bridgehead atoms. The first-order valence-electron chi connectivity index (χ1n) is 7.94. The fourth-order valence-electron chi connectivity index (χ4n) is 2.71. The Morgan fingerprint density at radius 1 is 1.25 bits per heavy atom. The Bertz CT molecular complexity index is 372. The topological polar surface area (TPSA) is 53.1 Å². The maximum Gasteiger partial charge on any atom is 0.0752 e. The molecule has 0 saturated carbocycles. The van der Waals surface area contributed by atoms with Gasteiger partial charge >= 0.3 is 0 Å². The molecule has 2 N–H and O–H groups in total. The minimum Gasteiger partial charge on any atom is -0.377 e. The van der Waals surface area contributed by atoms with Crippen LogP contribution in [0.1, 0.15) is 59.2 Å². The van der Waals surface area contributed by atoms with E-state index in [2.05, 4.69) is 49.7 Å². The molecule has 2 atom stereocenters. The van der Waals surface area contributed by atoms with Crippen LogP contribution in [0.15, 0.2) is 12.3 Å². The number of rotatable bonds is 9. The van der Waals surface area contributed by atoms with Gasteiger partial charge in [0.2, 0.25) is 0 Å². The van der Waals surface area contributed by atoms with Gasteiger partial charge in [0.1, 0.15) is 0 Å². The van der Waals surface area contributed by atoms with Gasteiger partial charge in [0.05, 0.1) is 17.8 Å². The molecule has 0 aliphatic rings. The molecule has 1 rings (SSSR count). The summed E-state index contributed by atoms with van der Waals surface area (Å²) in [4.78, 5) is 0. The van der Waals surface area contributed by atoms with Crippen LogP contribution < -0.4 is 5.73 Å². The summed E-state index contributed by atoms with van der Waals surface area (Å²) >= 11 is 0. The molecule has 4 heteroatoms. The Hall–Kier alpha value is -0.870. The normalized spacial score (nSPS) is 15.0. The molecule has 1 heterocycles. The quantitative estimate of drug-likeness (QED) is 0.756. The molecule has 4 nitrogen and oxygen atoms in total. The first-order valence-corrected chi connectivity index (χ1v) is 7.94. The third-order valence-electron chi connectivity index (χ3n) is 3.86. The van der Waals surface area contributed by atoms with Gasteiger partial charge in [0.25, 0.3) is 0 Å². The lowest BCUT2D eigenvalue weighted by Gasteiger charge is -2.26. The van der Waals surface area contributed by atoms with Crippen LogP contribution in [-0.2, 0) is 11.2 Å². The monoisotopic (exact) mass is 281 g/mol. The van der Waals surface area contributed by atoms with E-state index in [1.807, 2.05) is 6.92 Å². The number of ether oxygens (including phenoxy) is 1. The zero-order valence-electron chi connectivity index (χ0n) is 13.7. The highest BCUT2D eigenvalue weighted by atomic mass is 16.5. The smallest absolute Gasteiger partial charge is 0.0752 e. The first-order chi connectivity index (χ1) is 9.53. The molecule has 1 aromatic rings.